The van der Waals surface area contributed by atoms with Crippen LogP contribution in [0.15, 0.2) is 48.5 Å². The predicted octanol–water partition coefficient (Wildman–Crippen LogP) is 4.19. The lowest BCUT2D eigenvalue weighted by Crippen LogP contribution is -2.22. The first-order valence-corrected chi connectivity index (χ1v) is 9.50. The molecule has 2 rings (SSSR count). The Morgan fingerprint density at radius 2 is 1.61 bits per heavy atom. The highest BCUT2D eigenvalue weighted by atomic mass is 16.2. The van der Waals surface area contributed by atoms with Crippen LogP contribution in [0.1, 0.15) is 53.0 Å². The summed E-state index contributed by atoms with van der Waals surface area (Å²) in [4.78, 5) is 38.0. The van der Waals surface area contributed by atoms with Gasteiger partial charge in [0, 0.05) is 43.8 Å². The van der Waals surface area contributed by atoms with Crippen molar-refractivity contribution in [3.05, 3.63) is 65.2 Å². The normalized spacial score (nSPS) is 10.6. The number of nitrogens with zero attached hydrogens (tertiary/aromatic N) is 1. The van der Waals surface area contributed by atoms with Gasteiger partial charge in [0.2, 0.25) is 5.91 Å². The molecule has 5 heteroatoms. The van der Waals surface area contributed by atoms with Crippen LogP contribution >= 0.6 is 0 Å². The van der Waals surface area contributed by atoms with Crippen molar-refractivity contribution in [2.24, 2.45) is 5.92 Å². The van der Waals surface area contributed by atoms with E-state index in [1.54, 1.807) is 38.4 Å². The van der Waals surface area contributed by atoms with Crippen LogP contribution in [0.5, 0.6) is 0 Å². The van der Waals surface area contributed by atoms with Crippen molar-refractivity contribution in [2.75, 3.05) is 19.4 Å². The molecule has 0 bridgehead atoms. The van der Waals surface area contributed by atoms with E-state index < -0.39 is 0 Å². The van der Waals surface area contributed by atoms with E-state index in [9.17, 15) is 14.4 Å². The highest BCUT2D eigenvalue weighted by molar-refractivity contribution is 6.00. The SMILES string of the molecule is CC(C)Cc1ccc(C(=O)CCC(=O)Nc2cccc(C(=O)N(C)C)c2)cc1. The van der Waals surface area contributed by atoms with Gasteiger partial charge < -0.3 is 10.2 Å². The van der Waals surface area contributed by atoms with Gasteiger partial charge in [-0.2, -0.15) is 0 Å². The van der Waals surface area contributed by atoms with Crippen LogP contribution in [-0.2, 0) is 11.2 Å². The van der Waals surface area contributed by atoms with Gasteiger partial charge in [0.15, 0.2) is 5.78 Å². The number of hydrogen-bond acceptors (Lipinski definition) is 3. The number of nitrogens with one attached hydrogen (secondary N) is 1. The molecule has 0 aliphatic carbocycles. The molecule has 0 saturated heterocycles. The minimum Gasteiger partial charge on any atom is -0.345 e. The quantitative estimate of drug-likeness (QED) is 0.699. The lowest BCUT2D eigenvalue weighted by atomic mass is 9.99. The summed E-state index contributed by atoms with van der Waals surface area (Å²) in [7, 11) is 3.35. The Kier molecular flexibility index (Phi) is 7.50. The van der Waals surface area contributed by atoms with Crippen molar-refractivity contribution >= 4 is 23.3 Å². The summed E-state index contributed by atoms with van der Waals surface area (Å²) >= 11 is 0. The second-order valence-corrected chi connectivity index (χ2v) is 7.55. The Morgan fingerprint density at radius 3 is 2.21 bits per heavy atom. The Bertz CT molecular complexity index is 839. The lowest BCUT2D eigenvalue weighted by molar-refractivity contribution is -0.116. The molecule has 0 saturated carbocycles. The number of carbonyl (C=O) groups excluding carboxylic acids is 3. The van der Waals surface area contributed by atoms with E-state index in [0.29, 0.717) is 22.7 Å². The Hall–Kier alpha value is -2.95. The second-order valence-electron chi connectivity index (χ2n) is 7.55. The number of benzene rings is 2. The molecular weight excluding hydrogens is 352 g/mol. The average Bonchev–Trinajstić information content (AvgIpc) is 2.65. The maximum Gasteiger partial charge on any atom is 0.253 e. The van der Waals surface area contributed by atoms with Crippen LogP contribution < -0.4 is 5.32 Å². The molecule has 5 nitrogen and oxygen atoms in total. The molecule has 1 N–H and O–H groups in total. The van der Waals surface area contributed by atoms with E-state index in [0.717, 1.165) is 6.42 Å². The molecule has 28 heavy (non-hydrogen) atoms. The first kappa shape index (κ1) is 21.4. The van der Waals surface area contributed by atoms with Crippen molar-refractivity contribution in [3.8, 4) is 0 Å². The first-order chi connectivity index (χ1) is 13.3. The van der Waals surface area contributed by atoms with Crippen molar-refractivity contribution in [2.45, 2.75) is 33.1 Å². The van der Waals surface area contributed by atoms with Crippen molar-refractivity contribution in [1.29, 1.82) is 0 Å². The van der Waals surface area contributed by atoms with Crippen molar-refractivity contribution in [3.63, 3.8) is 0 Å². The van der Waals surface area contributed by atoms with E-state index in [1.165, 1.54) is 10.5 Å². The third kappa shape index (κ3) is 6.34. The van der Waals surface area contributed by atoms with Gasteiger partial charge in [-0.15, -0.1) is 0 Å². The van der Waals surface area contributed by atoms with Crippen LogP contribution in [-0.4, -0.2) is 36.6 Å². The highest BCUT2D eigenvalue weighted by Crippen LogP contribution is 2.14. The molecule has 0 aromatic heterocycles. The fourth-order valence-electron chi connectivity index (χ4n) is 2.88. The van der Waals surface area contributed by atoms with Crippen LogP contribution in [0.4, 0.5) is 5.69 Å². The number of Topliss-reactive ketones (excluding diaryl/α,β-unsaturated/α-hetero) is 1. The smallest absolute Gasteiger partial charge is 0.253 e. The minimum absolute atomic E-state index is 0.0530. The summed E-state index contributed by atoms with van der Waals surface area (Å²) in [6.07, 6.45) is 1.22. The highest BCUT2D eigenvalue weighted by Gasteiger charge is 2.12. The van der Waals surface area contributed by atoms with Gasteiger partial charge in [-0.3, -0.25) is 14.4 Å². The zero-order chi connectivity index (χ0) is 20.7. The van der Waals surface area contributed by atoms with Crippen LogP contribution in [0.25, 0.3) is 0 Å². The molecular formula is C23H28N2O3. The maximum absolute atomic E-state index is 12.3. The minimum atomic E-state index is -0.251. The fourth-order valence-corrected chi connectivity index (χ4v) is 2.88. The zero-order valence-corrected chi connectivity index (χ0v) is 17.0. The van der Waals surface area contributed by atoms with Gasteiger partial charge in [-0.25, -0.2) is 0 Å². The molecule has 2 aromatic carbocycles. The van der Waals surface area contributed by atoms with E-state index in [4.69, 9.17) is 0 Å². The largest absolute Gasteiger partial charge is 0.345 e. The number of carbonyl (C=O) groups is 3. The number of hydrogen-bond donors (Lipinski definition) is 1. The average molecular weight is 380 g/mol. The Labute approximate surface area is 166 Å². The Balaban J connectivity index is 1.89. The van der Waals surface area contributed by atoms with Crippen molar-refractivity contribution < 1.29 is 14.4 Å². The summed E-state index contributed by atoms with van der Waals surface area (Å²) in [6, 6.07) is 14.4. The van der Waals surface area contributed by atoms with Crippen molar-refractivity contribution in [1.82, 2.24) is 4.90 Å². The molecule has 2 amide bonds. The monoisotopic (exact) mass is 380 g/mol. The molecule has 0 spiro atoms. The van der Waals surface area contributed by atoms with Gasteiger partial charge in [-0.05, 0) is 36.1 Å². The summed E-state index contributed by atoms with van der Waals surface area (Å²) in [5.41, 5.74) is 2.87. The van der Waals surface area contributed by atoms with Gasteiger partial charge >= 0.3 is 0 Å². The van der Waals surface area contributed by atoms with E-state index in [2.05, 4.69) is 19.2 Å². The van der Waals surface area contributed by atoms with Crippen LogP contribution in [0.3, 0.4) is 0 Å². The predicted molar refractivity (Wildman–Crippen MR) is 112 cm³/mol. The molecule has 0 atom stereocenters. The number of amides is 2. The zero-order valence-electron chi connectivity index (χ0n) is 17.0. The lowest BCUT2D eigenvalue weighted by Gasteiger charge is -2.11. The van der Waals surface area contributed by atoms with Gasteiger partial charge in [0.1, 0.15) is 0 Å². The molecule has 0 fully saturated rings. The maximum atomic E-state index is 12.3. The van der Waals surface area contributed by atoms with Gasteiger partial charge in [-0.1, -0.05) is 44.2 Å². The fraction of sp³-hybridized carbons (Fsp3) is 0.348. The molecule has 0 unspecified atom stereocenters. The second kappa shape index (κ2) is 9.83. The van der Waals surface area contributed by atoms with E-state index in [-0.39, 0.29) is 30.4 Å². The summed E-state index contributed by atoms with van der Waals surface area (Å²) in [5.74, 6) is 0.131. The van der Waals surface area contributed by atoms with Crippen LogP contribution in [0, 0.1) is 5.92 Å². The third-order valence-corrected chi connectivity index (χ3v) is 4.30. The van der Waals surface area contributed by atoms with E-state index in [1.807, 2.05) is 24.3 Å². The molecule has 148 valence electrons. The molecule has 0 aliphatic heterocycles. The Morgan fingerprint density at radius 1 is 0.929 bits per heavy atom. The standard InChI is InChI=1S/C23H28N2O3/c1-16(2)14-17-8-10-18(11-9-17)21(26)12-13-22(27)24-20-7-5-6-19(15-20)23(28)25(3)4/h5-11,15-16H,12-14H2,1-4H3,(H,24,27). The molecule has 0 aliphatic rings. The van der Waals surface area contributed by atoms with Gasteiger partial charge in [0.25, 0.3) is 5.91 Å². The summed E-state index contributed by atoms with van der Waals surface area (Å²) < 4.78 is 0. The first-order valence-electron chi connectivity index (χ1n) is 9.50. The summed E-state index contributed by atoms with van der Waals surface area (Å²) in [6.45, 7) is 4.31. The third-order valence-electron chi connectivity index (χ3n) is 4.30. The van der Waals surface area contributed by atoms with Crippen LogP contribution in [0.2, 0.25) is 0 Å². The van der Waals surface area contributed by atoms with E-state index >= 15 is 0 Å². The van der Waals surface area contributed by atoms with Gasteiger partial charge in [0.05, 0.1) is 0 Å². The molecule has 0 heterocycles. The number of rotatable bonds is 8. The molecule has 0 radical (unpaired) electrons. The topological polar surface area (TPSA) is 66.5 Å². The summed E-state index contributed by atoms with van der Waals surface area (Å²) in [5, 5.41) is 2.75. The molecule has 2 aromatic rings. The number of anilines is 1. The number of ketones is 1.